The predicted molar refractivity (Wildman–Crippen MR) is 59.1 cm³/mol. The summed E-state index contributed by atoms with van der Waals surface area (Å²) in [5, 5.41) is 18.3. The minimum Gasteiger partial charge on any atom is -0.481 e. The topological polar surface area (TPSA) is 87.5 Å². The van der Waals surface area contributed by atoms with Crippen LogP contribution in [0.4, 0.5) is 0 Å². The third kappa shape index (κ3) is 2.06. The van der Waals surface area contributed by atoms with E-state index in [1.165, 1.54) is 13.8 Å². The van der Waals surface area contributed by atoms with Gasteiger partial charge in [-0.25, -0.2) is 9.78 Å². The van der Waals surface area contributed by atoms with E-state index >= 15 is 0 Å². The maximum atomic E-state index is 11.0. The van der Waals surface area contributed by atoms with Crippen LogP contribution in [-0.2, 0) is 16.6 Å². The summed E-state index contributed by atoms with van der Waals surface area (Å²) in [7, 11) is 0. The summed E-state index contributed by atoms with van der Waals surface area (Å²) in [5.41, 5.74) is -0.704. The Bertz CT molecular complexity index is 436. The van der Waals surface area contributed by atoms with Crippen LogP contribution in [0.1, 0.15) is 41.1 Å². The number of aromatic carboxylic acids is 1. The molecule has 88 valence electrons. The smallest absolute Gasteiger partial charge is 0.347 e. The van der Waals surface area contributed by atoms with Gasteiger partial charge in [0.2, 0.25) is 0 Å². The number of aryl methyl sites for hydroxylation is 1. The number of hydrogen-bond donors (Lipinski definition) is 2. The summed E-state index contributed by atoms with van der Waals surface area (Å²) in [5.74, 6) is -2.07. The van der Waals surface area contributed by atoms with Crippen LogP contribution < -0.4 is 0 Å². The molecule has 0 aromatic carbocycles. The largest absolute Gasteiger partial charge is 0.481 e. The third-order valence-corrected chi connectivity index (χ3v) is 3.71. The number of hydrogen-bond acceptors (Lipinski definition) is 4. The van der Waals surface area contributed by atoms with Crippen molar-refractivity contribution in [1.82, 2.24) is 4.98 Å². The molecule has 0 amide bonds. The lowest BCUT2D eigenvalue weighted by Gasteiger charge is -2.14. The zero-order valence-electron chi connectivity index (χ0n) is 9.27. The van der Waals surface area contributed by atoms with Gasteiger partial charge in [0, 0.05) is 0 Å². The maximum absolute atomic E-state index is 11.0. The van der Waals surface area contributed by atoms with Crippen LogP contribution in [0.3, 0.4) is 0 Å². The van der Waals surface area contributed by atoms with Gasteiger partial charge in [-0.3, -0.25) is 4.79 Å². The average Bonchev–Trinajstić information content (AvgIpc) is 2.61. The van der Waals surface area contributed by atoms with E-state index in [-0.39, 0.29) is 4.88 Å². The Hall–Kier alpha value is -1.43. The van der Waals surface area contributed by atoms with E-state index in [1.54, 1.807) is 6.92 Å². The molecule has 0 spiro atoms. The van der Waals surface area contributed by atoms with Crippen molar-refractivity contribution in [1.29, 1.82) is 0 Å². The Labute approximate surface area is 96.8 Å². The summed E-state index contributed by atoms with van der Waals surface area (Å²) >= 11 is 0.936. The zero-order chi connectivity index (χ0) is 12.5. The van der Waals surface area contributed by atoms with E-state index in [1.807, 2.05) is 0 Å². The Morgan fingerprint density at radius 3 is 2.25 bits per heavy atom. The molecule has 0 saturated carbocycles. The Balaban J connectivity index is 3.28. The van der Waals surface area contributed by atoms with Crippen LogP contribution in [0.5, 0.6) is 0 Å². The number of carboxylic acids is 2. The Morgan fingerprint density at radius 1 is 1.38 bits per heavy atom. The summed E-state index contributed by atoms with van der Waals surface area (Å²) in [6.45, 7) is 4.82. The molecule has 0 fully saturated rings. The second-order valence-corrected chi connectivity index (χ2v) is 4.88. The van der Waals surface area contributed by atoms with Crippen LogP contribution in [-0.4, -0.2) is 27.1 Å². The fourth-order valence-electron chi connectivity index (χ4n) is 1.12. The van der Waals surface area contributed by atoms with Crippen molar-refractivity contribution in [3.63, 3.8) is 0 Å². The first-order valence-corrected chi connectivity index (χ1v) is 5.59. The van der Waals surface area contributed by atoms with Gasteiger partial charge >= 0.3 is 11.9 Å². The summed E-state index contributed by atoms with van der Waals surface area (Å²) < 4.78 is 0. The van der Waals surface area contributed by atoms with E-state index in [2.05, 4.69) is 4.98 Å². The number of carbonyl (C=O) groups is 2. The van der Waals surface area contributed by atoms with Gasteiger partial charge in [-0.2, -0.15) is 0 Å². The van der Waals surface area contributed by atoms with Crippen LogP contribution >= 0.6 is 11.3 Å². The molecule has 0 saturated heterocycles. The minimum atomic E-state index is -1.15. The highest BCUT2D eigenvalue weighted by atomic mass is 32.1. The first-order valence-electron chi connectivity index (χ1n) is 4.77. The first-order chi connectivity index (χ1) is 7.30. The van der Waals surface area contributed by atoms with E-state index < -0.39 is 17.4 Å². The molecule has 1 heterocycles. The highest BCUT2D eigenvalue weighted by Crippen LogP contribution is 2.30. The monoisotopic (exact) mass is 243 g/mol. The second kappa shape index (κ2) is 4.21. The molecule has 2 N–H and O–H groups in total. The van der Waals surface area contributed by atoms with Crippen molar-refractivity contribution < 1.29 is 19.8 Å². The summed E-state index contributed by atoms with van der Waals surface area (Å²) in [6, 6.07) is 0. The van der Waals surface area contributed by atoms with E-state index in [0.29, 0.717) is 17.1 Å². The number of aromatic nitrogens is 1. The summed E-state index contributed by atoms with van der Waals surface area (Å²) in [4.78, 5) is 26.2. The lowest BCUT2D eigenvalue weighted by Crippen LogP contribution is -2.28. The lowest BCUT2D eigenvalue weighted by atomic mass is 9.95. The van der Waals surface area contributed by atoms with Crippen molar-refractivity contribution in [2.75, 3.05) is 0 Å². The van der Waals surface area contributed by atoms with Gasteiger partial charge in [0.25, 0.3) is 0 Å². The molecule has 5 nitrogen and oxygen atoms in total. The molecule has 0 atom stereocenters. The molecular formula is C10H13NO4S. The molecule has 0 radical (unpaired) electrons. The number of nitrogens with zero attached hydrogens (tertiary/aromatic N) is 1. The highest BCUT2D eigenvalue weighted by molar-refractivity contribution is 7.14. The van der Waals surface area contributed by atoms with Crippen molar-refractivity contribution >= 4 is 23.3 Å². The standard InChI is InChI=1S/C10H13NO4S/c1-4-5-6(7(12)13)16-8(11-5)10(2,3)9(14)15/h4H2,1-3H3,(H,12,13)(H,14,15). The molecule has 0 unspecified atom stereocenters. The number of rotatable bonds is 4. The third-order valence-electron chi connectivity index (χ3n) is 2.30. The number of thiazole rings is 1. The van der Waals surface area contributed by atoms with Crippen molar-refractivity contribution in [3.05, 3.63) is 15.6 Å². The zero-order valence-corrected chi connectivity index (χ0v) is 10.1. The lowest BCUT2D eigenvalue weighted by molar-refractivity contribution is -0.142. The van der Waals surface area contributed by atoms with Gasteiger partial charge < -0.3 is 10.2 Å². The van der Waals surface area contributed by atoms with E-state index in [0.717, 1.165) is 11.3 Å². The van der Waals surface area contributed by atoms with Crippen LogP contribution in [0, 0.1) is 0 Å². The second-order valence-electron chi connectivity index (χ2n) is 3.88. The Morgan fingerprint density at radius 2 is 1.94 bits per heavy atom. The van der Waals surface area contributed by atoms with Gasteiger partial charge in [0.05, 0.1) is 5.69 Å². The molecule has 1 aromatic heterocycles. The van der Waals surface area contributed by atoms with Gasteiger partial charge in [-0.15, -0.1) is 11.3 Å². The molecule has 0 bridgehead atoms. The normalized spacial score (nSPS) is 11.4. The predicted octanol–water partition coefficient (Wildman–Crippen LogP) is 1.77. The van der Waals surface area contributed by atoms with Gasteiger partial charge in [-0.1, -0.05) is 6.92 Å². The highest BCUT2D eigenvalue weighted by Gasteiger charge is 2.34. The molecule has 0 aliphatic heterocycles. The van der Waals surface area contributed by atoms with Crippen LogP contribution in [0.2, 0.25) is 0 Å². The van der Waals surface area contributed by atoms with E-state index in [4.69, 9.17) is 10.2 Å². The Kier molecular flexibility index (Phi) is 3.32. The SMILES string of the molecule is CCc1nc(C(C)(C)C(=O)O)sc1C(=O)O. The molecular weight excluding hydrogens is 230 g/mol. The van der Waals surface area contributed by atoms with Crippen LogP contribution in [0.15, 0.2) is 0 Å². The molecule has 16 heavy (non-hydrogen) atoms. The molecule has 0 aliphatic carbocycles. The quantitative estimate of drug-likeness (QED) is 0.841. The van der Waals surface area contributed by atoms with Gasteiger partial charge in [-0.05, 0) is 20.3 Å². The van der Waals surface area contributed by atoms with Gasteiger partial charge in [0.15, 0.2) is 0 Å². The van der Waals surface area contributed by atoms with Crippen molar-refractivity contribution in [3.8, 4) is 0 Å². The molecule has 1 rings (SSSR count). The first kappa shape index (κ1) is 12.6. The van der Waals surface area contributed by atoms with E-state index in [9.17, 15) is 9.59 Å². The maximum Gasteiger partial charge on any atom is 0.347 e. The molecule has 1 aromatic rings. The minimum absolute atomic E-state index is 0.131. The molecule has 6 heteroatoms. The number of aliphatic carboxylic acids is 1. The number of carboxylic acid groups (broad SMARTS) is 2. The average molecular weight is 243 g/mol. The van der Waals surface area contributed by atoms with Crippen LogP contribution in [0.25, 0.3) is 0 Å². The summed E-state index contributed by atoms with van der Waals surface area (Å²) in [6.07, 6.45) is 0.480. The fourth-order valence-corrected chi connectivity index (χ4v) is 2.20. The van der Waals surface area contributed by atoms with Crippen molar-refractivity contribution in [2.45, 2.75) is 32.6 Å². The van der Waals surface area contributed by atoms with Crippen molar-refractivity contribution in [2.24, 2.45) is 0 Å². The fraction of sp³-hybridized carbons (Fsp3) is 0.500. The van der Waals surface area contributed by atoms with Gasteiger partial charge in [0.1, 0.15) is 15.3 Å². The molecule has 0 aliphatic rings.